The summed E-state index contributed by atoms with van der Waals surface area (Å²) in [6.45, 7) is 5.05. The molecule has 0 aromatic rings. The van der Waals surface area contributed by atoms with Crippen LogP contribution in [0.4, 0.5) is 0 Å². The zero-order valence-electron chi connectivity index (χ0n) is 13.6. The number of nitrogens with zero attached hydrogens (tertiary/aromatic N) is 1. The average Bonchev–Trinajstić information content (AvgIpc) is 2.48. The van der Waals surface area contributed by atoms with Gasteiger partial charge in [-0.2, -0.15) is 0 Å². The molecule has 1 unspecified atom stereocenters. The van der Waals surface area contributed by atoms with E-state index in [2.05, 4.69) is 10.6 Å². The van der Waals surface area contributed by atoms with Crippen LogP contribution in [0.15, 0.2) is 0 Å². The second-order valence-electron chi connectivity index (χ2n) is 5.96. The Morgan fingerprint density at radius 1 is 1.35 bits per heavy atom. The summed E-state index contributed by atoms with van der Waals surface area (Å²) in [5.41, 5.74) is 0. The molecule has 2 aliphatic heterocycles. The van der Waals surface area contributed by atoms with Gasteiger partial charge >= 0.3 is 0 Å². The zero-order chi connectivity index (χ0) is 16.0. The lowest BCUT2D eigenvalue weighted by Crippen LogP contribution is -2.48. The van der Waals surface area contributed by atoms with Crippen LogP contribution in [-0.2, 0) is 19.6 Å². The highest BCUT2D eigenvalue weighted by atomic mass is 35.5. The van der Waals surface area contributed by atoms with Crippen molar-refractivity contribution in [1.82, 2.24) is 14.9 Å². The minimum Gasteiger partial charge on any atom is -0.375 e. The summed E-state index contributed by atoms with van der Waals surface area (Å²) in [7, 11) is -3.12. The van der Waals surface area contributed by atoms with Gasteiger partial charge in [0, 0.05) is 32.2 Å². The Bertz CT molecular complexity index is 461. The molecule has 9 heteroatoms. The van der Waals surface area contributed by atoms with Crippen molar-refractivity contribution in [1.29, 1.82) is 0 Å². The van der Waals surface area contributed by atoms with E-state index in [-0.39, 0.29) is 36.2 Å². The summed E-state index contributed by atoms with van der Waals surface area (Å²) >= 11 is 0. The molecule has 0 aromatic carbocycles. The number of amides is 1. The monoisotopic (exact) mass is 369 g/mol. The van der Waals surface area contributed by atoms with E-state index in [9.17, 15) is 13.2 Å². The molecule has 2 N–H and O–H groups in total. The third-order valence-corrected chi connectivity index (χ3v) is 6.17. The summed E-state index contributed by atoms with van der Waals surface area (Å²) in [6.07, 6.45) is 2.30. The first-order valence-corrected chi connectivity index (χ1v) is 9.71. The Morgan fingerprint density at radius 2 is 2.04 bits per heavy atom. The van der Waals surface area contributed by atoms with Gasteiger partial charge < -0.3 is 15.4 Å². The number of nitrogens with one attached hydrogen (secondary N) is 2. The van der Waals surface area contributed by atoms with Crippen LogP contribution < -0.4 is 10.6 Å². The third-order valence-electron chi connectivity index (χ3n) is 4.09. The predicted molar refractivity (Wildman–Crippen MR) is 91.3 cm³/mol. The summed E-state index contributed by atoms with van der Waals surface area (Å²) in [6, 6.07) is 0.0668. The minimum absolute atomic E-state index is 0. The second kappa shape index (κ2) is 9.78. The van der Waals surface area contributed by atoms with Crippen LogP contribution >= 0.6 is 12.4 Å². The number of halogens is 1. The van der Waals surface area contributed by atoms with Gasteiger partial charge in [0.2, 0.25) is 15.9 Å². The van der Waals surface area contributed by atoms with Gasteiger partial charge in [-0.05, 0) is 19.3 Å². The van der Waals surface area contributed by atoms with Crippen molar-refractivity contribution in [3.8, 4) is 0 Å². The number of hydrogen-bond donors (Lipinski definition) is 2. The number of sulfonamides is 1. The SMILES string of the molecule is CCCS(=O)(=O)N1CCC(NC(=O)CC2CNCCO2)CC1.Cl. The van der Waals surface area contributed by atoms with Crippen LogP contribution in [0.25, 0.3) is 0 Å². The maximum absolute atomic E-state index is 12.0. The number of ether oxygens (including phenoxy) is 1. The lowest BCUT2D eigenvalue weighted by molar-refractivity contribution is -0.125. The Labute approximate surface area is 145 Å². The fraction of sp³-hybridized carbons (Fsp3) is 0.929. The Kier molecular flexibility index (Phi) is 8.78. The quantitative estimate of drug-likeness (QED) is 0.693. The lowest BCUT2D eigenvalue weighted by Gasteiger charge is -2.32. The molecule has 2 rings (SSSR count). The van der Waals surface area contributed by atoms with Gasteiger partial charge in [0.15, 0.2) is 0 Å². The van der Waals surface area contributed by atoms with E-state index >= 15 is 0 Å². The fourth-order valence-electron chi connectivity index (χ4n) is 2.91. The van der Waals surface area contributed by atoms with Crippen LogP contribution in [0.1, 0.15) is 32.6 Å². The third kappa shape index (κ3) is 6.54. The predicted octanol–water partition coefficient (Wildman–Crippen LogP) is 0.107. The highest BCUT2D eigenvalue weighted by Gasteiger charge is 2.28. The van der Waals surface area contributed by atoms with E-state index in [1.165, 1.54) is 0 Å². The standard InChI is InChI=1S/C14H27N3O4S.ClH/c1-2-9-22(19,20)17-6-3-12(4-7-17)16-14(18)10-13-11-15-5-8-21-13;/h12-13,15H,2-11H2,1H3,(H,16,18);1H. The number of rotatable bonds is 6. The molecule has 7 nitrogen and oxygen atoms in total. The largest absolute Gasteiger partial charge is 0.375 e. The van der Waals surface area contributed by atoms with Crippen LogP contribution in [0.2, 0.25) is 0 Å². The van der Waals surface area contributed by atoms with E-state index in [0.29, 0.717) is 51.9 Å². The van der Waals surface area contributed by atoms with E-state index < -0.39 is 10.0 Å². The number of carbonyl (C=O) groups excluding carboxylic acids is 1. The molecular weight excluding hydrogens is 342 g/mol. The zero-order valence-corrected chi connectivity index (χ0v) is 15.3. The van der Waals surface area contributed by atoms with Gasteiger partial charge in [-0.3, -0.25) is 4.79 Å². The first-order chi connectivity index (χ1) is 10.5. The van der Waals surface area contributed by atoms with Crippen molar-refractivity contribution in [2.75, 3.05) is 38.5 Å². The molecule has 0 bridgehead atoms. The van der Waals surface area contributed by atoms with Crippen molar-refractivity contribution in [2.24, 2.45) is 0 Å². The summed E-state index contributed by atoms with van der Waals surface area (Å²) in [5, 5.41) is 6.20. The van der Waals surface area contributed by atoms with Gasteiger partial charge in [-0.1, -0.05) is 6.92 Å². The molecular formula is C14H28ClN3O4S. The number of piperidine rings is 1. The first-order valence-electron chi connectivity index (χ1n) is 8.10. The molecule has 0 radical (unpaired) electrons. The molecule has 136 valence electrons. The molecule has 2 heterocycles. The first kappa shape index (κ1) is 20.6. The number of hydrogen-bond acceptors (Lipinski definition) is 5. The topological polar surface area (TPSA) is 87.7 Å². The van der Waals surface area contributed by atoms with Gasteiger partial charge in [-0.15, -0.1) is 12.4 Å². The molecule has 0 aliphatic carbocycles. The van der Waals surface area contributed by atoms with Crippen molar-refractivity contribution in [3.05, 3.63) is 0 Å². The summed E-state index contributed by atoms with van der Waals surface area (Å²) in [4.78, 5) is 12.0. The normalized spacial score (nSPS) is 24.0. The van der Waals surface area contributed by atoms with Gasteiger partial charge in [0.1, 0.15) is 0 Å². The summed E-state index contributed by atoms with van der Waals surface area (Å²) in [5.74, 6) is 0.194. The Morgan fingerprint density at radius 3 is 2.61 bits per heavy atom. The molecule has 0 spiro atoms. The molecule has 1 atom stereocenters. The maximum atomic E-state index is 12.0. The molecule has 0 aromatic heterocycles. The van der Waals surface area contributed by atoms with Crippen LogP contribution in [-0.4, -0.2) is 69.3 Å². The van der Waals surface area contributed by atoms with Crippen molar-refractivity contribution >= 4 is 28.3 Å². The van der Waals surface area contributed by atoms with Crippen LogP contribution in [0.3, 0.4) is 0 Å². The van der Waals surface area contributed by atoms with Crippen molar-refractivity contribution < 1.29 is 17.9 Å². The Balaban J connectivity index is 0.00000264. The molecule has 2 saturated heterocycles. The van der Waals surface area contributed by atoms with E-state index in [0.717, 1.165) is 6.54 Å². The van der Waals surface area contributed by atoms with E-state index in [4.69, 9.17) is 4.74 Å². The highest BCUT2D eigenvalue weighted by Crippen LogP contribution is 2.15. The van der Waals surface area contributed by atoms with E-state index in [1.807, 2.05) is 6.92 Å². The molecule has 2 aliphatic rings. The van der Waals surface area contributed by atoms with E-state index in [1.54, 1.807) is 4.31 Å². The second-order valence-corrected chi connectivity index (χ2v) is 8.05. The van der Waals surface area contributed by atoms with Crippen LogP contribution in [0.5, 0.6) is 0 Å². The highest BCUT2D eigenvalue weighted by molar-refractivity contribution is 7.89. The van der Waals surface area contributed by atoms with Gasteiger partial charge in [0.05, 0.1) is 24.9 Å². The smallest absolute Gasteiger partial charge is 0.222 e. The van der Waals surface area contributed by atoms with Crippen LogP contribution in [0, 0.1) is 0 Å². The molecule has 0 saturated carbocycles. The number of carbonyl (C=O) groups is 1. The van der Waals surface area contributed by atoms with Gasteiger partial charge in [0.25, 0.3) is 0 Å². The summed E-state index contributed by atoms with van der Waals surface area (Å²) < 4.78 is 31.0. The van der Waals surface area contributed by atoms with Gasteiger partial charge in [-0.25, -0.2) is 12.7 Å². The lowest BCUT2D eigenvalue weighted by atomic mass is 10.1. The minimum atomic E-state index is -3.12. The molecule has 2 fully saturated rings. The average molecular weight is 370 g/mol. The van der Waals surface area contributed by atoms with Crippen molar-refractivity contribution in [3.63, 3.8) is 0 Å². The Hall–Kier alpha value is -0.410. The molecule has 23 heavy (non-hydrogen) atoms. The fourth-order valence-corrected chi connectivity index (χ4v) is 4.45. The molecule has 1 amide bonds. The maximum Gasteiger partial charge on any atom is 0.222 e. The number of morpholine rings is 1. The van der Waals surface area contributed by atoms with Crippen molar-refractivity contribution in [2.45, 2.75) is 44.8 Å².